The monoisotopic (exact) mass is 222 g/mol. The van der Waals surface area contributed by atoms with E-state index in [1.807, 2.05) is 0 Å². The van der Waals surface area contributed by atoms with Gasteiger partial charge in [-0.05, 0) is 42.4 Å². The van der Waals surface area contributed by atoms with Gasteiger partial charge in [-0.1, -0.05) is 34.1 Å². The molecule has 6 atom stereocenters. The van der Waals surface area contributed by atoms with Gasteiger partial charge < -0.3 is 0 Å². The minimum atomic E-state index is 0.378. The number of rotatable bonds is 0. The number of fused-ring (bicyclic) bond motifs is 1. The first-order chi connectivity index (χ1) is 7.54. The summed E-state index contributed by atoms with van der Waals surface area (Å²) in [4.78, 5) is 12.3. The second-order valence-corrected chi connectivity index (χ2v) is 6.34. The van der Waals surface area contributed by atoms with E-state index in [0.717, 1.165) is 24.7 Å². The summed E-state index contributed by atoms with van der Waals surface area (Å²) in [7, 11) is 0. The molecular formula is C15H26O. The summed E-state index contributed by atoms with van der Waals surface area (Å²) in [5.74, 6) is 4.45. The molecule has 0 aromatic heterocycles. The maximum Gasteiger partial charge on any atom is 0.136 e. The Morgan fingerprint density at radius 1 is 0.875 bits per heavy atom. The highest BCUT2D eigenvalue weighted by molar-refractivity contribution is 5.82. The van der Waals surface area contributed by atoms with E-state index in [4.69, 9.17) is 0 Å². The molecule has 92 valence electrons. The Labute approximate surface area is 100.0 Å². The van der Waals surface area contributed by atoms with Crippen LogP contribution in [0.4, 0.5) is 0 Å². The van der Waals surface area contributed by atoms with Gasteiger partial charge in [-0.15, -0.1) is 0 Å². The third-order valence-electron chi connectivity index (χ3n) is 5.77. The van der Waals surface area contributed by atoms with Crippen LogP contribution in [-0.2, 0) is 4.79 Å². The second-order valence-electron chi connectivity index (χ2n) is 6.34. The van der Waals surface area contributed by atoms with E-state index >= 15 is 0 Å². The number of hydrogen-bond acceptors (Lipinski definition) is 1. The molecule has 0 aliphatic heterocycles. The van der Waals surface area contributed by atoms with Gasteiger partial charge in [0.05, 0.1) is 0 Å². The Hall–Kier alpha value is -0.330. The van der Waals surface area contributed by atoms with Gasteiger partial charge in [0.15, 0.2) is 0 Å². The third-order valence-corrected chi connectivity index (χ3v) is 5.77. The molecule has 2 aliphatic carbocycles. The second kappa shape index (κ2) is 4.50. The predicted octanol–water partition coefficient (Wildman–Crippen LogP) is 3.92. The van der Waals surface area contributed by atoms with E-state index in [0.29, 0.717) is 29.5 Å². The van der Waals surface area contributed by atoms with Crippen molar-refractivity contribution in [2.24, 2.45) is 35.5 Å². The van der Waals surface area contributed by atoms with Crippen molar-refractivity contribution in [3.8, 4) is 0 Å². The number of hydrogen-bond donors (Lipinski definition) is 0. The molecule has 2 fully saturated rings. The molecule has 2 aliphatic rings. The predicted molar refractivity (Wildman–Crippen MR) is 67.1 cm³/mol. The molecule has 0 bridgehead atoms. The van der Waals surface area contributed by atoms with Crippen molar-refractivity contribution in [2.75, 3.05) is 0 Å². The Morgan fingerprint density at radius 3 is 2.19 bits per heavy atom. The van der Waals surface area contributed by atoms with Crippen molar-refractivity contribution in [3.05, 3.63) is 0 Å². The fraction of sp³-hybridized carbons (Fsp3) is 0.933. The van der Waals surface area contributed by atoms with E-state index in [2.05, 4.69) is 27.7 Å². The van der Waals surface area contributed by atoms with Gasteiger partial charge in [0.2, 0.25) is 0 Å². The Morgan fingerprint density at radius 2 is 1.50 bits per heavy atom. The Kier molecular flexibility index (Phi) is 3.42. The lowest BCUT2D eigenvalue weighted by atomic mass is 9.57. The summed E-state index contributed by atoms with van der Waals surface area (Å²) in [6, 6.07) is 0. The molecule has 0 amide bonds. The molecule has 0 N–H and O–H groups in total. The van der Waals surface area contributed by atoms with Crippen molar-refractivity contribution >= 4 is 5.78 Å². The van der Waals surface area contributed by atoms with Gasteiger partial charge in [-0.3, -0.25) is 4.79 Å². The maximum absolute atomic E-state index is 12.3. The van der Waals surface area contributed by atoms with Crippen molar-refractivity contribution in [1.82, 2.24) is 0 Å². The highest BCUT2D eigenvalue weighted by Gasteiger charge is 2.46. The minimum Gasteiger partial charge on any atom is -0.299 e. The lowest BCUT2D eigenvalue weighted by Gasteiger charge is -2.47. The lowest BCUT2D eigenvalue weighted by molar-refractivity contribution is -0.131. The van der Waals surface area contributed by atoms with Crippen LogP contribution < -0.4 is 0 Å². The quantitative estimate of drug-likeness (QED) is 0.607. The molecule has 0 spiro atoms. The van der Waals surface area contributed by atoms with E-state index in [9.17, 15) is 4.79 Å². The van der Waals surface area contributed by atoms with Gasteiger partial charge >= 0.3 is 0 Å². The van der Waals surface area contributed by atoms with Crippen LogP contribution in [0.2, 0.25) is 0 Å². The van der Waals surface area contributed by atoms with Crippen molar-refractivity contribution < 1.29 is 4.79 Å². The molecular weight excluding hydrogens is 196 g/mol. The molecule has 0 saturated heterocycles. The molecule has 0 heterocycles. The smallest absolute Gasteiger partial charge is 0.136 e. The third kappa shape index (κ3) is 1.83. The SMILES string of the molecule is CC1C(C)C(C)C2C(=O)CCCCC2C1C. The molecule has 2 saturated carbocycles. The molecule has 2 rings (SSSR count). The zero-order valence-corrected chi connectivity index (χ0v) is 11.2. The summed E-state index contributed by atoms with van der Waals surface area (Å²) in [6.45, 7) is 9.43. The van der Waals surface area contributed by atoms with Crippen LogP contribution in [-0.4, -0.2) is 5.78 Å². The minimum absolute atomic E-state index is 0.378. The molecule has 1 nitrogen and oxygen atoms in total. The topological polar surface area (TPSA) is 17.1 Å². The highest BCUT2D eigenvalue weighted by Crippen LogP contribution is 2.49. The Bertz CT molecular complexity index is 271. The van der Waals surface area contributed by atoms with Crippen LogP contribution in [0, 0.1) is 35.5 Å². The number of ketones is 1. The van der Waals surface area contributed by atoms with Crippen LogP contribution in [0.25, 0.3) is 0 Å². The number of Topliss-reactive ketones (excluding diaryl/α,β-unsaturated/α-hetero) is 1. The number of carbonyl (C=O) groups is 1. The number of carbonyl (C=O) groups excluding carboxylic acids is 1. The largest absolute Gasteiger partial charge is 0.299 e. The first-order valence-corrected chi connectivity index (χ1v) is 7.06. The molecule has 6 unspecified atom stereocenters. The van der Waals surface area contributed by atoms with Gasteiger partial charge in [0.1, 0.15) is 5.78 Å². The highest BCUT2D eigenvalue weighted by atomic mass is 16.1. The van der Waals surface area contributed by atoms with E-state index in [1.165, 1.54) is 12.8 Å². The summed E-state index contributed by atoms with van der Waals surface area (Å²) >= 11 is 0. The molecule has 0 aromatic rings. The summed E-state index contributed by atoms with van der Waals surface area (Å²) in [5, 5.41) is 0. The normalized spacial score (nSPS) is 49.6. The average Bonchev–Trinajstić information content (AvgIpc) is 2.45. The summed E-state index contributed by atoms with van der Waals surface area (Å²) < 4.78 is 0. The van der Waals surface area contributed by atoms with Crippen LogP contribution >= 0.6 is 0 Å². The zero-order chi connectivity index (χ0) is 11.9. The molecule has 1 heteroatoms. The molecule has 0 aromatic carbocycles. The zero-order valence-electron chi connectivity index (χ0n) is 11.2. The van der Waals surface area contributed by atoms with Crippen LogP contribution in [0.15, 0.2) is 0 Å². The van der Waals surface area contributed by atoms with Crippen LogP contribution in [0.3, 0.4) is 0 Å². The molecule has 0 radical (unpaired) electrons. The van der Waals surface area contributed by atoms with E-state index < -0.39 is 0 Å². The maximum atomic E-state index is 12.3. The van der Waals surface area contributed by atoms with Crippen molar-refractivity contribution in [1.29, 1.82) is 0 Å². The van der Waals surface area contributed by atoms with Gasteiger partial charge in [-0.2, -0.15) is 0 Å². The van der Waals surface area contributed by atoms with Crippen molar-refractivity contribution in [3.63, 3.8) is 0 Å². The first-order valence-electron chi connectivity index (χ1n) is 7.06. The van der Waals surface area contributed by atoms with Crippen LogP contribution in [0.5, 0.6) is 0 Å². The fourth-order valence-electron chi connectivity index (χ4n) is 4.21. The van der Waals surface area contributed by atoms with Gasteiger partial charge in [0.25, 0.3) is 0 Å². The lowest BCUT2D eigenvalue weighted by Crippen LogP contribution is -2.45. The van der Waals surface area contributed by atoms with E-state index in [1.54, 1.807) is 0 Å². The Balaban J connectivity index is 2.28. The fourth-order valence-corrected chi connectivity index (χ4v) is 4.21. The van der Waals surface area contributed by atoms with Gasteiger partial charge in [-0.25, -0.2) is 0 Å². The summed E-state index contributed by atoms with van der Waals surface area (Å²) in [6.07, 6.45) is 4.54. The average molecular weight is 222 g/mol. The van der Waals surface area contributed by atoms with Crippen molar-refractivity contribution in [2.45, 2.75) is 53.4 Å². The standard InChI is InChI=1S/C15H26O/c1-9-10(2)12(4)15-13(11(9)3)7-5-6-8-14(15)16/h9-13,15H,5-8H2,1-4H3. The van der Waals surface area contributed by atoms with Crippen LogP contribution in [0.1, 0.15) is 53.4 Å². The first kappa shape index (κ1) is 12.1. The summed E-state index contributed by atoms with van der Waals surface area (Å²) in [5.41, 5.74) is 0. The van der Waals surface area contributed by atoms with E-state index in [-0.39, 0.29) is 0 Å². The molecule has 16 heavy (non-hydrogen) atoms. The van der Waals surface area contributed by atoms with Gasteiger partial charge in [0, 0.05) is 12.3 Å².